The van der Waals surface area contributed by atoms with E-state index in [2.05, 4.69) is 22.2 Å². The van der Waals surface area contributed by atoms with Gasteiger partial charge in [0.15, 0.2) is 0 Å². The minimum absolute atomic E-state index is 0.115. The molecule has 4 nitrogen and oxygen atoms in total. The molecular formula is C14H22ClN3O. The van der Waals surface area contributed by atoms with Crippen LogP contribution in [0, 0.1) is 6.92 Å². The highest BCUT2D eigenvalue weighted by Crippen LogP contribution is 2.06. The molecule has 0 aliphatic rings. The number of aromatic nitrogens is 2. The van der Waals surface area contributed by atoms with Crippen molar-refractivity contribution in [2.24, 2.45) is 0 Å². The number of halogens is 1. The molecule has 1 heterocycles. The number of unbranched alkanes of at least 4 members (excludes halogenated alkanes) is 5. The van der Waals surface area contributed by atoms with Gasteiger partial charge in [0.25, 0.3) is 5.91 Å². The van der Waals surface area contributed by atoms with Gasteiger partial charge in [0.05, 0.1) is 0 Å². The summed E-state index contributed by atoms with van der Waals surface area (Å²) in [4.78, 5) is 19.7. The maximum atomic E-state index is 11.8. The van der Waals surface area contributed by atoms with Crippen molar-refractivity contribution >= 4 is 17.5 Å². The van der Waals surface area contributed by atoms with E-state index in [0.717, 1.165) is 12.8 Å². The molecule has 0 aromatic carbocycles. The molecule has 19 heavy (non-hydrogen) atoms. The smallest absolute Gasteiger partial charge is 0.270 e. The number of carbonyl (C=O) groups excluding carboxylic acids is 1. The molecule has 5 heteroatoms. The first-order chi connectivity index (χ1) is 9.13. The Hall–Kier alpha value is -1.16. The van der Waals surface area contributed by atoms with Gasteiger partial charge in [-0.15, -0.1) is 0 Å². The number of amides is 1. The van der Waals surface area contributed by atoms with Crippen molar-refractivity contribution in [2.45, 2.75) is 52.4 Å². The van der Waals surface area contributed by atoms with Crippen LogP contribution in [0.3, 0.4) is 0 Å². The van der Waals surface area contributed by atoms with Gasteiger partial charge in [0.1, 0.15) is 5.69 Å². The number of carbonyl (C=O) groups is 1. The molecule has 1 N–H and O–H groups in total. The van der Waals surface area contributed by atoms with Crippen LogP contribution in [0.2, 0.25) is 5.28 Å². The van der Waals surface area contributed by atoms with Crippen molar-refractivity contribution in [3.63, 3.8) is 0 Å². The van der Waals surface area contributed by atoms with E-state index in [1.165, 1.54) is 25.7 Å². The fourth-order valence-corrected chi connectivity index (χ4v) is 2.07. The highest BCUT2D eigenvalue weighted by Gasteiger charge is 2.08. The molecule has 1 amide bonds. The van der Waals surface area contributed by atoms with Gasteiger partial charge in [0.2, 0.25) is 5.28 Å². The molecule has 0 saturated heterocycles. The predicted octanol–water partition coefficient (Wildman–Crippen LogP) is 3.53. The van der Waals surface area contributed by atoms with Gasteiger partial charge < -0.3 is 5.32 Å². The van der Waals surface area contributed by atoms with E-state index in [0.29, 0.717) is 17.9 Å². The third-order valence-electron chi connectivity index (χ3n) is 2.88. The van der Waals surface area contributed by atoms with E-state index in [1.807, 2.05) is 0 Å². The molecule has 1 aromatic rings. The summed E-state index contributed by atoms with van der Waals surface area (Å²) in [6.07, 6.45) is 7.24. The van der Waals surface area contributed by atoms with Crippen molar-refractivity contribution in [1.82, 2.24) is 15.3 Å². The zero-order valence-electron chi connectivity index (χ0n) is 11.7. The molecular weight excluding hydrogens is 262 g/mol. The van der Waals surface area contributed by atoms with Crippen LogP contribution in [0.4, 0.5) is 0 Å². The molecule has 0 aliphatic carbocycles. The maximum absolute atomic E-state index is 11.8. The van der Waals surface area contributed by atoms with Crippen LogP contribution >= 0.6 is 11.6 Å². The second-order valence-corrected chi connectivity index (χ2v) is 5.03. The largest absolute Gasteiger partial charge is 0.351 e. The molecule has 1 rings (SSSR count). The van der Waals surface area contributed by atoms with E-state index in [1.54, 1.807) is 13.0 Å². The molecule has 0 saturated carbocycles. The maximum Gasteiger partial charge on any atom is 0.270 e. The van der Waals surface area contributed by atoms with E-state index >= 15 is 0 Å². The second-order valence-electron chi connectivity index (χ2n) is 4.69. The number of hydrogen-bond donors (Lipinski definition) is 1. The van der Waals surface area contributed by atoms with Crippen LogP contribution in [0.15, 0.2) is 6.07 Å². The zero-order valence-corrected chi connectivity index (χ0v) is 12.5. The zero-order chi connectivity index (χ0) is 14.1. The minimum atomic E-state index is -0.180. The summed E-state index contributed by atoms with van der Waals surface area (Å²) in [5, 5.41) is 2.97. The summed E-state index contributed by atoms with van der Waals surface area (Å²) in [7, 11) is 0. The summed E-state index contributed by atoms with van der Waals surface area (Å²) in [6, 6.07) is 1.64. The van der Waals surface area contributed by atoms with Gasteiger partial charge in [0, 0.05) is 12.2 Å². The lowest BCUT2D eigenvalue weighted by molar-refractivity contribution is 0.0947. The first kappa shape index (κ1) is 15.9. The summed E-state index contributed by atoms with van der Waals surface area (Å²) >= 11 is 5.72. The number of nitrogens with one attached hydrogen (secondary N) is 1. The molecule has 0 unspecified atom stereocenters. The van der Waals surface area contributed by atoms with Crippen LogP contribution in [0.25, 0.3) is 0 Å². The second kappa shape index (κ2) is 8.86. The Labute approximate surface area is 120 Å². The van der Waals surface area contributed by atoms with Crippen LogP contribution in [0.1, 0.15) is 61.6 Å². The third kappa shape index (κ3) is 6.53. The van der Waals surface area contributed by atoms with Gasteiger partial charge >= 0.3 is 0 Å². The third-order valence-corrected chi connectivity index (χ3v) is 3.04. The lowest BCUT2D eigenvalue weighted by Gasteiger charge is -2.05. The van der Waals surface area contributed by atoms with Crippen molar-refractivity contribution in [2.75, 3.05) is 6.54 Å². The first-order valence-electron chi connectivity index (χ1n) is 6.93. The SMILES string of the molecule is CCCCCCCCNC(=O)c1cc(C)nc(Cl)n1. The average Bonchev–Trinajstić information content (AvgIpc) is 2.36. The molecule has 0 bridgehead atoms. The monoisotopic (exact) mass is 283 g/mol. The van der Waals surface area contributed by atoms with Crippen molar-refractivity contribution < 1.29 is 4.79 Å². The number of nitrogens with zero attached hydrogens (tertiary/aromatic N) is 2. The Balaban J connectivity index is 2.24. The van der Waals surface area contributed by atoms with Gasteiger partial charge in [-0.2, -0.15) is 0 Å². The van der Waals surface area contributed by atoms with Gasteiger partial charge in [-0.1, -0.05) is 39.0 Å². The van der Waals surface area contributed by atoms with Crippen LogP contribution in [-0.2, 0) is 0 Å². The molecule has 0 spiro atoms. The number of hydrogen-bond acceptors (Lipinski definition) is 3. The Bertz CT molecular complexity index is 389. The highest BCUT2D eigenvalue weighted by molar-refractivity contribution is 6.28. The van der Waals surface area contributed by atoms with Gasteiger partial charge in [-0.3, -0.25) is 4.79 Å². The first-order valence-corrected chi connectivity index (χ1v) is 7.30. The van der Waals surface area contributed by atoms with Gasteiger partial charge in [-0.25, -0.2) is 9.97 Å². The number of rotatable bonds is 8. The van der Waals surface area contributed by atoms with Crippen molar-refractivity contribution in [1.29, 1.82) is 0 Å². The average molecular weight is 284 g/mol. The van der Waals surface area contributed by atoms with E-state index in [9.17, 15) is 4.79 Å². The lowest BCUT2D eigenvalue weighted by Crippen LogP contribution is -2.25. The molecule has 1 aromatic heterocycles. The van der Waals surface area contributed by atoms with Gasteiger partial charge in [-0.05, 0) is 31.0 Å². The summed E-state index contributed by atoms with van der Waals surface area (Å²) in [6.45, 7) is 4.68. The highest BCUT2D eigenvalue weighted by atomic mass is 35.5. The molecule has 106 valence electrons. The fourth-order valence-electron chi connectivity index (χ4n) is 1.85. The van der Waals surface area contributed by atoms with Crippen molar-refractivity contribution in [3.05, 3.63) is 22.7 Å². The Morgan fingerprint density at radius 2 is 1.89 bits per heavy atom. The number of aryl methyl sites for hydroxylation is 1. The standard InChI is InChI=1S/C14H22ClN3O/c1-3-4-5-6-7-8-9-16-13(19)12-10-11(2)17-14(15)18-12/h10H,3-9H2,1-2H3,(H,16,19). The Morgan fingerprint density at radius 3 is 2.58 bits per heavy atom. The molecule has 0 radical (unpaired) electrons. The molecule has 0 atom stereocenters. The summed E-state index contributed by atoms with van der Waals surface area (Å²) in [5.41, 5.74) is 1.04. The lowest BCUT2D eigenvalue weighted by atomic mass is 10.1. The normalized spacial score (nSPS) is 10.5. The van der Waals surface area contributed by atoms with E-state index in [4.69, 9.17) is 11.6 Å². The van der Waals surface area contributed by atoms with Crippen molar-refractivity contribution in [3.8, 4) is 0 Å². The molecule has 0 aliphatic heterocycles. The van der Waals surface area contributed by atoms with Crippen LogP contribution in [0.5, 0.6) is 0 Å². The Kier molecular flexibility index (Phi) is 7.41. The topological polar surface area (TPSA) is 54.9 Å². The Morgan fingerprint density at radius 1 is 1.21 bits per heavy atom. The van der Waals surface area contributed by atoms with E-state index < -0.39 is 0 Å². The van der Waals surface area contributed by atoms with Crippen LogP contribution < -0.4 is 5.32 Å². The van der Waals surface area contributed by atoms with Crippen LogP contribution in [-0.4, -0.2) is 22.4 Å². The minimum Gasteiger partial charge on any atom is -0.351 e. The fraction of sp³-hybridized carbons (Fsp3) is 0.643. The predicted molar refractivity (Wildman–Crippen MR) is 77.5 cm³/mol. The summed E-state index contributed by atoms with van der Waals surface area (Å²) in [5.74, 6) is -0.180. The quantitative estimate of drug-likeness (QED) is 0.586. The van der Waals surface area contributed by atoms with E-state index in [-0.39, 0.29) is 11.2 Å². The molecule has 0 fully saturated rings. The summed E-state index contributed by atoms with van der Waals surface area (Å²) < 4.78 is 0.